The molecule has 1 aromatic rings. The molecule has 0 saturated heterocycles. The number of hydrogen-bond acceptors (Lipinski definition) is 0. The van der Waals surface area contributed by atoms with E-state index in [0.29, 0.717) is 0 Å². The summed E-state index contributed by atoms with van der Waals surface area (Å²) < 4.78 is 1.18. The monoisotopic (exact) mass is 218 g/mol. The molecule has 0 nitrogen and oxygen atoms in total. The highest BCUT2D eigenvalue weighted by atomic mass is 79.9. The highest BCUT2D eigenvalue weighted by Crippen LogP contribution is 2.29. The fourth-order valence-electron chi connectivity index (χ4n) is 0.754. The Morgan fingerprint density at radius 3 is 2.40 bits per heavy atom. The van der Waals surface area contributed by atoms with Crippen molar-refractivity contribution >= 4 is 26.8 Å². The van der Waals surface area contributed by atoms with Crippen LogP contribution in [0.1, 0.15) is 0 Å². The normalized spacial score (nSPS) is 11.3. The van der Waals surface area contributed by atoms with Crippen LogP contribution in [0, 0.1) is 0 Å². The van der Waals surface area contributed by atoms with Crippen LogP contribution in [0.15, 0.2) is 33.6 Å². The zero-order valence-corrected chi connectivity index (χ0v) is 8.62. The Bertz CT molecular complexity index is 220. The first-order valence-electron chi connectivity index (χ1n) is 3.13. The van der Waals surface area contributed by atoms with E-state index in [2.05, 4.69) is 52.7 Å². The van der Waals surface area contributed by atoms with Crippen LogP contribution >= 0.6 is 26.8 Å². The fourth-order valence-corrected chi connectivity index (χ4v) is 2.11. The Labute approximate surface area is 73.1 Å². The second kappa shape index (κ2) is 3.44. The third-order valence-electron chi connectivity index (χ3n) is 1.32. The molecule has 0 heterocycles. The van der Waals surface area contributed by atoms with Crippen LogP contribution in [0.25, 0.3) is 0 Å². The van der Waals surface area contributed by atoms with Gasteiger partial charge in [-0.15, -0.1) is 0 Å². The van der Waals surface area contributed by atoms with Gasteiger partial charge in [0, 0.05) is 4.47 Å². The number of thiol groups is 1. The molecule has 0 amide bonds. The molecular formula is C8H11BrS. The first-order valence-corrected chi connectivity index (χ1v) is 6.16. The number of hydrogen-bond donors (Lipinski definition) is 1. The van der Waals surface area contributed by atoms with Crippen LogP contribution in [0.4, 0.5) is 0 Å². The molecule has 1 aromatic carbocycles. The molecule has 0 saturated carbocycles. The molecule has 0 aliphatic carbocycles. The van der Waals surface area contributed by atoms with Gasteiger partial charge in [-0.2, -0.15) is 0 Å². The van der Waals surface area contributed by atoms with Crippen molar-refractivity contribution in [3.8, 4) is 0 Å². The molecule has 0 aliphatic rings. The standard InChI is InChI=1S/C8H11BrS/c1-10(2)8-5-3-4-7(9)6-8/h3-6,10H,1-2H3. The van der Waals surface area contributed by atoms with Gasteiger partial charge in [0.2, 0.25) is 0 Å². The highest BCUT2D eigenvalue weighted by Gasteiger charge is 1.93. The summed E-state index contributed by atoms with van der Waals surface area (Å²) in [5, 5.41) is 0. The second-order valence-corrected chi connectivity index (χ2v) is 5.60. The zero-order chi connectivity index (χ0) is 7.56. The molecule has 0 radical (unpaired) electrons. The highest BCUT2D eigenvalue weighted by molar-refractivity contribution is 9.10. The minimum absolute atomic E-state index is 0.0582. The SMILES string of the molecule is C[SH](C)c1cccc(Br)c1. The van der Waals surface area contributed by atoms with Gasteiger partial charge in [0.05, 0.1) is 0 Å². The van der Waals surface area contributed by atoms with E-state index < -0.39 is 0 Å². The van der Waals surface area contributed by atoms with Gasteiger partial charge in [-0.1, -0.05) is 28.1 Å². The van der Waals surface area contributed by atoms with Crippen molar-refractivity contribution < 1.29 is 0 Å². The topological polar surface area (TPSA) is 0 Å². The van der Waals surface area contributed by atoms with Gasteiger partial charge in [-0.3, -0.25) is 0 Å². The maximum atomic E-state index is 3.44. The molecule has 10 heavy (non-hydrogen) atoms. The average molecular weight is 219 g/mol. The van der Waals surface area contributed by atoms with Gasteiger partial charge in [0.1, 0.15) is 0 Å². The van der Waals surface area contributed by atoms with E-state index in [4.69, 9.17) is 0 Å². The van der Waals surface area contributed by atoms with Gasteiger partial charge in [0.15, 0.2) is 0 Å². The largest absolute Gasteiger partial charge is 0.233 e. The maximum absolute atomic E-state index is 3.44. The Morgan fingerprint density at radius 2 is 2.00 bits per heavy atom. The zero-order valence-electron chi connectivity index (χ0n) is 6.13. The molecule has 0 N–H and O–H groups in total. The molecular weight excluding hydrogens is 208 g/mol. The van der Waals surface area contributed by atoms with Crippen LogP contribution in [-0.4, -0.2) is 12.5 Å². The first kappa shape index (κ1) is 8.15. The molecule has 0 fully saturated rings. The lowest BCUT2D eigenvalue weighted by atomic mass is 10.4. The van der Waals surface area contributed by atoms with Gasteiger partial charge in [-0.05, 0) is 29.5 Å². The summed E-state index contributed by atoms with van der Waals surface area (Å²) in [6, 6.07) is 8.51. The maximum Gasteiger partial charge on any atom is 0.0185 e. The smallest absolute Gasteiger partial charge is 0.0185 e. The van der Waals surface area contributed by atoms with Crippen molar-refractivity contribution in [1.82, 2.24) is 0 Å². The third-order valence-corrected chi connectivity index (χ3v) is 3.13. The predicted octanol–water partition coefficient (Wildman–Crippen LogP) is 3.07. The second-order valence-electron chi connectivity index (χ2n) is 2.37. The summed E-state index contributed by atoms with van der Waals surface area (Å²) in [7, 11) is 0.0582. The third kappa shape index (κ3) is 2.03. The summed E-state index contributed by atoms with van der Waals surface area (Å²) in [6.45, 7) is 0. The summed E-state index contributed by atoms with van der Waals surface area (Å²) in [5.41, 5.74) is 0. The lowest BCUT2D eigenvalue weighted by Gasteiger charge is -2.08. The molecule has 0 bridgehead atoms. The van der Waals surface area contributed by atoms with Crippen molar-refractivity contribution in [2.24, 2.45) is 0 Å². The minimum atomic E-state index is 0.0582. The van der Waals surface area contributed by atoms with Gasteiger partial charge in [-0.25, -0.2) is 10.9 Å². The van der Waals surface area contributed by atoms with E-state index in [9.17, 15) is 0 Å². The van der Waals surface area contributed by atoms with Gasteiger partial charge in [0.25, 0.3) is 0 Å². The quantitative estimate of drug-likeness (QED) is 0.689. The predicted molar refractivity (Wildman–Crippen MR) is 53.2 cm³/mol. The molecule has 2 heteroatoms. The van der Waals surface area contributed by atoms with Crippen LogP contribution < -0.4 is 0 Å². The molecule has 56 valence electrons. The Balaban J connectivity index is 2.96. The molecule has 0 atom stereocenters. The van der Waals surface area contributed by atoms with E-state index in [-0.39, 0.29) is 10.9 Å². The minimum Gasteiger partial charge on any atom is -0.233 e. The molecule has 0 aliphatic heterocycles. The summed E-state index contributed by atoms with van der Waals surface area (Å²) in [5.74, 6) is 0. The van der Waals surface area contributed by atoms with E-state index in [1.807, 2.05) is 0 Å². The van der Waals surface area contributed by atoms with Crippen molar-refractivity contribution in [2.75, 3.05) is 12.5 Å². The van der Waals surface area contributed by atoms with Crippen LogP contribution in [0.3, 0.4) is 0 Å². The number of rotatable bonds is 1. The Kier molecular flexibility index (Phi) is 2.81. The van der Waals surface area contributed by atoms with E-state index >= 15 is 0 Å². The van der Waals surface area contributed by atoms with Crippen LogP contribution in [0.2, 0.25) is 0 Å². The first-order chi connectivity index (χ1) is 4.70. The lowest BCUT2D eigenvalue weighted by Crippen LogP contribution is -1.76. The summed E-state index contributed by atoms with van der Waals surface area (Å²) in [4.78, 5) is 1.45. The van der Waals surface area contributed by atoms with Crippen molar-refractivity contribution in [3.05, 3.63) is 28.7 Å². The van der Waals surface area contributed by atoms with Crippen LogP contribution in [-0.2, 0) is 0 Å². The molecule has 0 spiro atoms. The molecule has 0 aromatic heterocycles. The molecule has 1 rings (SSSR count). The lowest BCUT2D eigenvalue weighted by molar-refractivity contribution is 1.43. The van der Waals surface area contributed by atoms with Crippen LogP contribution in [0.5, 0.6) is 0 Å². The summed E-state index contributed by atoms with van der Waals surface area (Å²) in [6.07, 6.45) is 4.52. The number of halogens is 1. The average Bonchev–Trinajstić information content (AvgIpc) is 1.88. The van der Waals surface area contributed by atoms with E-state index in [1.165, 1.54) is 9.37 Å². The van der Waals surface area contributed by atoms with Crippen molar-refractivity contribution in [1.29, 1.82) is 0 Å². The Morgan fingerprint density at radius 1 is 1.30 bits per heavy atom. The van der Waals surface area contributed by atoms with Crippen molar-refractivity contribution in [2.45, 2.75) is 4.90 Å². The fraction of sp³-hybridized carbons (Fsp3) is 0.250. The summed E-state index contributed by atoms with van der Waals surface area (Å²) >= 11 is 3.44. The van der Waals surface area contributed by atoms with Gasteiger partial charge >= 0.3 is 0 Å². The van der Waals surface area contributed by atoms with E-state index in [1.54, 1.807) is 0 Å². The molecule has 0 unspecified atom stereocenters. The van der Waals surface area contributed by atoms with Crippen molar-refractivity contribution in [3.63, 3.8) is 0 Å². The van der Waals surface area contributed by atoms with Gasteiger partial charge < -0.3 is 0 Å². The number of benzene rings is 1. The van der Waals surface area contributed by atoms with E-state index in [0.717, 1.165) is 0 Å². The Hall–Kier alpha value is 0.0500.